The van der Waals surface area contributed by atoms with Crippen LogP contribution in [-0.4, -0.2) is 18.1 Å². The lowest BCUT2D eigenvalue weighted by Gasteiger charge is -1.97. The van der Waals surface area contributed by atoms with E-state index in [1.54, 1.807) is 12.3 Å². The van der Waals surface area contributed by atoms with Crippen molar-refractivity contribution in [3.63, 3.8) is 0 Å². The summed E-state index contributed by atoms with van der Waals surface area (Å²) in [6, 6.07) is 3.49. The zero-order chi connectivity index (χ0) is 10.4. The van der Waals surface area contributed by atoms with Crippen LogP contribution in [0.3, 0.4) is 0 Å². The predicted octanol–water partition coefficient (Wildman–Crippen LogP) is 2.29. The Labute approximate surface area is 83.4 Å². The second kappa shape index (κ2) is 5.17. The first-order valence-electron chi connectivity index (χ1n) is 4.49. The number of hydrogen-bond acceptors (Lipinski definition) is 3. The van der Waals surface area contributed by atoms with Crippen LogP contribution in [0.2, 0.25) is 0 Å². The van der Waals surface area contributed by atoms with Gasteiger partial charge < -0.3 is 4.74 Å². The Kier molecular flexibility index (Phi) is 3.85. The summed E-state index contributed by atoms with van der Waals surface area (Å²) < 4.78 is 4.54. The minimum atomic E-state index is -0.406. The lowest BCUT2D eigenvalue weighted by Crippen LogP contribution is -2.03. The molecule has 0 fully saturated rings. The Morgan fingerprint density at radius 2 is 2.36 bits per heavy atom. The summed E-state index contributed by atoms with van der Waals surface area (Å²) in [5.41, 5.74) is 1.32. The van der Waals surface area contributed by atoms with E-state index in [1.165, 1.54) is 7.11 Å². The molecule has 0 spiro atoms. The molecular weight excluding hydrogens is 178 g/mol. The van der Waals surface area contributed by atoms with Crippen molar-refractivity contribution in [2.24, 2.45) is 0 Å². The molecule has 1 aromatic rings. The van der Waals surface area contributed by atoms with Gasteiger partial charge in [0.25, 0.3) is 0 Å². The van der Waals surface area contributed by atoms with Crippen LogP contribution < -0.4 is 0 Å². The van der Waals surface area contributed by atoms with Crippen LogP contribution in [0.1, 0.15) is 29.4 Å². The molecule has 1 heterocycles. The molecule has 0 N–H and O–H groups in total. The highest BCUT2D eigenvalue weighted by Gasteiger charge is 2.04. The highest BCUT2D eigenvalue weighted by molar-refractivity contribution is 5.87. The molecule has 0 aliphatic heterocycles. The highest BCUT2D eigenvalue weighted by atomic mass is 16.5. The molecule has 74 valence electrons. The minimum Gasteiger partial charge on any atom is -0.464 e. The van der Waals surface area contributed by atoms with E-state index in [9.17, 15) is 4.79 Å². The van der Waals surface area contributed by atoms with Gasteiger partial charge in [0.2, 0.25) is 0 Å². The van der Waals surface area contributed by atoms with Crippen LogP contribution in [-0.2, 0) is 4.74 Å². The number of carbonyl (C=O) groups excluding carboxylic acids is 1. The Balaban J connectivity index is 2.78. The van der Waals surface area contributed by atoms with Crippen molar-refractivity contribution >= 4 is 12.0 Å². The van der Waals surface area contributed by atoms with Crippen LogP contribution in [0.4, 0.5) is 0 Å². The van der Waals surface area contributed by atoms with E-state index in [1.807, 2.05) is 18.2 Å². The SMILES string of the molecule is CCC=Cc1ccc(C(=O)OC)nc1. The average molecular weight is 191 g/mol. The Hall–Kier alpha value is -1.64. The molecule has 3 nitrogen and oxygen atoms in total. The van der Waals surface area contributed by atoms with E-state index in [0.717, 1.165) is 12.0 Å². The van der Waals surface area contributed by atoms with Gasteiger partial charge in [0.1, 0.15) is 5.69 Å². The summed E-state index contributed by atoms with van der Waals surface area (Å²) in [6.45, 7) is 2.06. The molecule has 3 heteroatoms. The van der Waals surface area contributed by atoms with Gasteiger partial charge in [-0.05, 0) is 18.1 Å². The minimum absolute atomic E-state index is 0.334. The predicted molar refractivity (Wildman–Crippen MR) is 54.9 cm³/mol. The van der Waals surface area contributed by atoms with Crippen LogP contribution in [0.25, 0.3) is 6.08 Å². The van der Waals surface area contributed by atoms with Crippen molar-refractivity contribution in [1.82, 2.24) is 4.98 Å². The second-order valence-corrected chi connectivity index (χ2v) is 2.78. The van der Waals surface area contributed by atoms with Gasteiger partial charge in [-0.1, -0.05) is 25.1 Å². The number of esters is 1. The van der Waals surface area contributed by atoms with Crippen molar-refractivity contribution in [1.29, 1.82) is 0 Å². The molecule has 14 heavy (non-hydrogen) atoms. The zero-order valence-electron chi connectivity index (χ0n) is 8.36. The number of hydrogen-bond donors (Lipinski definition) is 0. The molecule has 0 aliphatic carbocycles. The van der Waals surface area contributed by atoms with E-state index in [0.29, 0.717) is 5.69 Å². The average Bonchev–Trinajstić information content (AvgIpc) is 2.26. The monoisotopic (exact) mass is 191 g/mol. The largest absolute Gasteiger partial charge is 0.464 e. The van der Waals surface area contributed by atoms with E-state index in [2.05, 4.69) is 16.6 Å². The Morgan fingerprint density at radius 3 is 2.86 bits per heavy atom. The highest BCUT2D eigenvalue weighted by Crippen LogP contribution is 2.04. The number of nitrogens with zero attached hydrogens (tertiary/aromatic N) is 1. The van der Waals surface area contributed by atoms with Gasteiger partial charge in [-0.3, -0.25) is 0 Å². The molecule has 0 bridgehead atoms. The van der Waals surface area contributed by atoms with Gasteiger partial charge >= 0.3 is 5.97 Å². The number of pyridine rings is 1. The molecule has 0 amide bonds. The molecule has 0 aromatic carbocycles. The zero-order valence-corrected chi connectivity index (χ0v) is 8.36. The lowest BCUT2D eigenvalue weighted by molar-refractivity contribution is 0.0594. The topological polar surface area (TPSA) is 39.2 Å². The van der Waals surface area contributed by atoms with Crippen molar-refractivity contribution in [2.75, 3.05) is 7.11 Å². The van der Waals surface area contributed by atoms with Gasteiger partial charge in [0, 0.05) is 6.20 Å². The maximum Gasteiger partial charge on any atom is 0.356 e. The lowest BCUT2D eigenvalue weighted by atomic mass is 10.2. The third-order valence-corrected chi connectivity index (χ3v) is 1.73. The number of ether oxygens (including phenoxy) is 1. The quantitative estimate of drug-likeness (QED) is 0.688. The standard InChI is InChI=1S/C11H13NO2/c1-3-4-5-9-6-7-10(12-8-9)11(13)14-2/h4-8H,3H2,1-2H3. The molecular formula is C11H13NO2. The third kappa shape index (κ3) is 2.69. The van der Waals surface area contributed by atoms with E-state index in [4.69, 9.17) is 0 Å². The number of carbonyl (C=O) groups is 1. The number of allylic oxidation sites excluding steroid dienone is 1. The van der Waals surface area contributed by atoms with Crippen molar-refractivity contribution < 1.29 is 9.53 Å². The summed E-state index contributed by atoms with van der Waals surface area (Å²) in [7, 11) is 1.34. The smallest absolute Gasteiger partial charge is 0.356 e. The number of methoxy groups -OCH3 is 1. The van der Waals surface area contributed by atoms with E-state index in [-0.39, 0.29) is 0 Å². The maximum atomic E-state index is 11.0. The fourth-order valence-electron chi connectivity index (χ4n) is 0.983. The summed E-state index contributed by atoms with van der Waals surface area (Å²) in [6.07, 6.45) is 6.64. The third-order valence-electron chi connectivity index (χ3n) is 1.73. The molecule has 0 saturated heterocycles. The van der Waals surface area contributed by atoms with Crippen LogP contribution >= 0.6 is 0 Å². The summed E-state index contributed by atoms with van der Waals surface area (Å²) >= 11 is 0. The summed E-state index contributed by atoms with van der Waals surface area (Å²) in [4.78, 5) is 15.0. The summed E-state index contributed by atoms with van der Waals surface area (Å²) in [5, 5.41) is 0. The number of aromatic nitrogens is 1. The van der Waals surface area contributed by atoms with E-state index >= 15 is 0 Å². The van der Waals surface area contributed by atoms with Crippen LogP contribution in [0.15, 0.2) is 24.4 Å². The maximum absolute atomic E-state index is 11.0. The first-order chi connectivity index (χ1) is 6.77. The fourth-order valence-corrected chi connectivity index (χ4v) is 0.983. The van der Waals surface area contributed by atoms with Gasteiger partial charge in [-0.25, -0.2) is 9.78 Å². The molecule has 0 radical (unpaired) electrons. The van der Waals surface area contributed by atoms with E-state index < -0.39 is 5.97 Å². The molecule has 0 unspecified atom stereocenters. The molecule has 1 aromatic heterocycles. The molecule has 0 aliphatic rings. The number of rotatable bonds is 3. The van der Waals surface area contributed by atoms with Gasteiger partial charge in [0.15, 0.2) is 0 Å². The van der Waals surface area contributed by atoms with Gasteiger partial charge in [-0.2, -0.15) is 0 Å². The van der Waals surface area contributed by atoms with Gasteiger partial charge in [0.05, 0.1) is 7.11 Å². The van der Waals surface area contributed by atoms with Gasteiger partial charge in [-0.15, -0.1) is 0 Å². The first-order valence-corrected chi connectivity index (χ1v) is 4.49. The van der Waals surface area contributed by atoms with Crippen molar-refractivity contribution in [2.45, 2.75) is 13.3 Å². The Morgan fingerprint density at radius 1 is 1.57 bits per heavy atom. The molecule has 1 rings (SSSR count). The van der Waals surface area contributed by atoms with Crippen molar-refractivity contribution in [3.8, 4) is 0 Å². The molecule has 0 saturated carbocycles. The second-order valence-electron chi connectivity index (χ2n) is 2.78. The van der Waals surface area contributed by atoms with Crippen molar-refractivity contribution in [3.05, 3.63) is 35.7 Å². The normalized spacial score (nSPS) is 10.4. The van der Waals surface area contributed by atoms with Crippen LogP contribution in [0.5, 0.6) is 0 Å². The van der Waals surface area contributed by atoms with Crippen LogP contribution in [0, 0.1) is 0 Å². The summed E-state index contributed by atoms with van der Waals surface area (Å²) in [5.74, 6) is -0.406. The Bertz CT molecular complexity index is 328. The first kappa shape index (κ1) is 10.4. The molecule has 0 atom stereocenters. The fraction of sp³-hybridized carbons (Fsp3) is 0.273.